The quantitative estimate of drug-likeness (QED) is 0.860. The van der Waals surface area contributed by atoms with E-state index in [9.17, 15) is 0 Å². The van der Waals surface area contributed by atoms with E-state index < -0.39 is 0 Å². The monoisotopic (exact) mass is 292 g/mol. The zero-order valence-corrected chi connectivity index (χ0v) is 13.3. The first kappa shape index (κ1) is 15.1. The molecule has 3 N–H and O–H groups in total. The number of hydrogen-bond donors (Lipinski definition) is 1. The van der Waals surface area contributed by atoms with Crippen LogP contribution < -0.4 is 5.73 Å². The molecule has 1 heterocycles. The molecule has 0 aliphatic heterocycles. The van der Waals surface area contributed by atoms with Crippen molar-refractivity contribution in [3.8, 4) is 0 Å². The summed E-state index contributed by atoms with van der Waals surface area (Å²) in [5.74, 6) is 1.87. The Labute approximate surface area is 124 Å². The maximum Gasteiger partial charge on any atom is 0.277 e. The van der Waals surface area contributed by atoms with Crippen LogP contribution in [-0.2, 0) is 5.75 Å². The number of thioether (sulfide) groups is 1. The third-order valence-electron chi connectivity index (χ3n) is 3.40. The number of quaternary nitrogens is 1. The molecule has 0 amide bonds. The summed E-state index contributed by atoms with van der Waals surface area (Å²) in [4.78, 5) is 0. The molecule has 1 unspecified atom stereocenters. The Kier molecular flexibility index (Phi) is 4.83. The largest absolute Gasteiger partial charge is 0.410 e. The topological polar surface area (TPSA) is 66.6 Å². The van der Waals surface area contributed by atoms with E-state index in [2.05, 4.69) is 61.8 Å². The van der Waals surface area contributed by atoms with Crippen molar-refractivity contribution in [3.05, 3.63) is 40.8 Å². The van der Waals surface area contributed by atoms with Crippen molar-refractivity contribution in [2.45, 2.75) is 44.7 Å². The van der Waals surface area contributed by atoms with Gasteiger partial charge in [-0.2, -0.15) is 0 Å². The Bertz CT molecular complexity index is 580. The SMILES string of the molecule is Cc1ccc(C)c(CSc2nnc(C([NH3+])C(C)C)o2)c1. The molecule has 0 bridgehead atoms. The van der Waals surface area contributed by atoms with E-state index >= 15 is 0 Å². The van der Waals surface area contributed by atoms with Gasteiger partial charge in [0.1, 0.15) is 0 Å². The lowest BCUT2D eigenvalue weighted by molar-refractivity contribution is -0.443. The molecule has 2 aromatic rings. The smallest absolute Gasteiger partial charge is 0.277 e. The van der Waals surface area contributed by atoms with Crippen LogP contribution in [0.5, 0.6) is 0 Å². The van der Waals surface area contributed by atoms with E-state index in [-0.39, 0.29) is 6.04 Å². The number of aryl methyl sites for hydroxylation is 2. The van der Waals surface area contributed by atoms with Crippen molar-refractivity contribution in [2.24, 2.45) is 5.92 Å². The van der Waals surface area contributed by atoms with Crippen molar-refractivity contribution in [1.82, 2.24) is 10.2 Å². The minimum atomic E-state index is 0.0533. The number of nitrogens with zero attached hydrogens (tertiary/aromatic N) is 2. The maximum atomic E-state index is 5.68. The summed E-state index contributed by atoms with van der Waals surface area (Å²) in [7, 11) is 0. The van der Waals surface area contributed by atoms with Gasteiger partial charge >= 0.3 is 0 Å². The first-order valence-corrected chi connectivity index (χ1v) is 7.81. The molecular weight excluding hydrogens is 270 g/mol. The fraction of sp³-hybridized carbons (Fsp3) is 0.467. The lowest BCUT2D eigenvalue weighted by atomic mass is 10.1. The molecule has 0 saturated heterocycles. The summed E-state index contributed by atoms with van der Waals surface area (Å²) in [6, 6.07) is 6.54. The first-order chi connectivity index (χ1) is 9.47. The second-order valence-corrected chi connectivity index (χ2v) is 6.40. The molecule has 4 nitrogen and oxygen atoms in total. The Hall–Kier alpha value is -1.33. The number of benzene rings is 1. The van der Waals surface area contributed by atoms with Crippen molar-refractivity contribution < 1.29 is 10.2 Å². The Morgan fingerprint density at radius 1 is 1.25 bits per heavy atom. The lowest BCUT2D eigenvalue weighted by Gasteiger charge is -2.06. The Balaban J connectivity index is 2.03. The predicted molar refractivity (Wildman–Crippen MR) is 80.2 cm³/mol. The van der Waals surface area contributed by atoms with Crippen molar-refractivity contribution in [3.63, 3.8) is 0 Å². The second kappa shape index (κ2) is 6.41. The molecule has 108 valence electrons. The van der Waals surface area contributed by atoms with E-state index in [0.29, 0.717) is 17.0 Å². The number of hydrogen-bond acceptors (Lipinski definition) is 4. The second-order valence-electron chi connectivity index (χ2n) is 5.48. The normalized spacial score (nSPS) is 12.9. The standard InChI is InChI=1S/C15H21N3OS/c1-9(2)13(16)14-17-18-15(19-14)20-8-12-7-10(3)5-6-11(12)4/h5-7,9,13H,8,16H2,1-4H3/p+1. The van der Waals surface area contributed by atoms with Gasteiger partial charge in [-0.05, 0) is 25.0 Å². The van der Waals surface area contributed by atoms with E-state index in [1.165, 1.54) is 16.7 Å². The van der Waals surface area contributed by atoms with Gasteiger partial charge in [0.2, 0.25) is 0 Å². The van der Waals surface area contributed by atoms with Crippen molar-refractivity contribution >= 4 is 11.8 Å². The van der Waals surface area contributed by atoms with Gasteiger partial charge in [-0.25, -0.2) is 0 Å². The highest BCUT2D eigenvalue weighted by Crippen LogP contribution is 2.25. The molecule has 0 aliphatic carbocycles. The molecule has 0 spiro atoms. The molecule has 0 fully saturated rings. The molecule has 0 radical (unpaired) electrons. The van der Waals surface area contributed by atoms with Gasteiger partial charge in [0.25, 0.3) is 11.1 Å². The van der Waals surface area contributed by atoms with Gasteiger partial charge in [-0.3, -0.25) is 0 Å². The van der Waals surface area contributed by atoms with E-state index in [4.69, 9.17) is 4.42 Å². The van der Waals surface area contributed by atoms with Crippen LogP contribution >= 0.6 is 11.8 Å². The molecule has 1 atom stereocenters. The predicted octanol–water partition coefficient (Wildman–Crippen LogP) is 2.92. The maximum absolute atomic E-state index is 5.68. The van der Waals surface area contributed by atoms with Gasteiger partial charge in [-0.15, -0.1) is 10.2 Å². The van der Waals surface area contributed by atoms with E-state index in [1.807, 2.05) is 0 Å². The molecule has 0 aliphatic rings. The summed E-state index contributed by atoms with van der Waals surface area (Å²) in [6.45, 7) is 8.43. The number of rotatable bonds is 5. The lowest BCUT2D eigenvalue weighted by Crippen LogP contribution is -2.56. The summed E-state index contributed by atoms with van der Waals surface area (Å²) < 4.78 is 5.68. The summed E-state index contributed by atoms with van der Waals surface area (Å²) in [5, 5.41) is 8.80. The van der Waals surface area contributed by atoms with Crippen molar-refractivity contribution in [2.75, 3.05) is 0 Å². The third kappa shape index (κ3) is 3.61. The highest BCUT2D eigenvalue weighted by atomic mass is 32.2. The molecule has 5 heteroatoms. The zero-order valence-electron chi connectivity index (χ0n) is 12.5. The molecule has 1 aromatic carbocycles. The fourth-order valence-corrected chi connectivity index (χ4v) is 2.64. The Morgan fingerprint density at radius 2 is 2.00 bits per heavy atom. The van der Waals surface area contributed by atoms with Crippen LogP contribution in [0.15, 0.2) is 27.8 Å². The van der Waals surface area contributed by atoms with Crippen LogP contribution in [0.4, 0.5) is 0 Å². The van der Waals surface area contributed by atoms with Gasteiger partial charge in [0.05, 0.1) is 0 Å². The van der Waals surface area contributed by atoms with Crippen LogP contribution in [0.1, 0.15) is 42.5 Å². The molecule has 0 saturated carbocycles. The highest BCUT2D eigenvalue weighted by molar-refractivity contribution is 7.98. The van der Waals surface area contributed by atoms with Gasteiger partial charge in [0.15, 0.2) is 6.04 Å². The van der Waals surface area contributed by atoms with Gasteiger partial charge < -0.3 is 10.2 Å². The summed E-state index contributed by atoms with van der Waals surface area (Å²) in [5.41, 5.74) is 7.93. The Morgan fingerprint density at radius 3 is 2.70 bits per heavy atom. The van der Waals surface area contributed by atoms with Crippen LogP contribution in [-0.4, -0.2) is 10.2 Å². The highest BCUT2D eigenvalue weighted by Gasteiger charge is 2.21. The van der Waals surface area contributed by atoms with Crippen LogP contribution in [0.2, 0.25) is 0 Å². The van der Waals surface area contributed by atoms with E-state index in [0.717, 1.165) is 5.75 Å². The third-order valence-corrected chi connectivity index (χ3v) is 4.27. The van der Waals surface area contributed by atoms with Gasteiger partial charge in [0, 0.05) is 11.7 Å². The molecule has 2 rings (SSSR count). The molecular formula is C15H22N3OS+. The minimum Gasteiger partial charge on any atom is -0.410 e. The van der Waals surface area contributed by atoms with Crippen LogP contribution in [0.3, 0.4) is 0 Å². The average Bonchev–Trinajstić information content (AvgIpc) is 2.87. The summed E-state index contributed by atoms with van der Waals surface area (Å²) >= 11 is 1.58. The molecule has 20 heavy (non-hydrogen) atoms. The van der Waals surface area contributed by atoms with Crippen LogP contribution in [0, 0.1) is 19.8 Å². The first-order valence-electron chi connectivity index (χ1n) is 6.82. The number of aromatic nitrogens is 2. The fourth-order valence-electron chi connectivity index (χ4n) is 1.81. The zero-order chi connectivity index (χ0) is 14.7. The van der Waals surface area contributed by atoms with E-state index in [1.54, 1.807) is 11.8 Å². The van der Waals surface area contributed by atoms with Crippen molar-refractivity contribution in [1.29, 1.82) is 0 Å². The summed E-state index contributed by atoms with van der Waals surface area (Å²) in [6.07, 6.45) is 0. The average molecular weight is 292 g/mol. The molecule has 1 aromatic heterocycles. The minimum absolute atomic E-state index is 0.0533. The van der Waals surface area contributed by atoms with Gasteiger partial charge in [-0.1, -0.05) is 49.4 Å². The van der Waals surface area contributed by atoms with Crippen LogP contribution in [0.25, 0.3) is 0 Å².